The van der Waals surface area contributed by atoms with E-state index in [4.69, 9.17) is 11.6 Å². The van der Waals surface area contributed by atoms with Gasteiger partial charge in [0.25, 0.3) is 0 Å². The summed E-state index contributed by atoms with van der Waals surface area (Å²) in [6.45, 7) is 4.08. The number of nitrogens with zero attached hydrogens (tertiary/aromatic N) is 3. The second kappa shape index (κ2) is 8.68. The number of thiophene rings is 1. The Kier molecular flexibility index (Phi) is 6.14. The molecular formula is C22H17ClF3N3S2. The molecule has 0 aliphatic rings. The van der Waals surface area contributed by atoms with Crippen molar-refractivity contribution in [3.05, 3.63) is 71.0 Å². The summed E-state index contributed by atoms with van der Waals surface area (Å²) in [6, 6.07) is 13.5. The number of aromatic nitrogens is 3. The van der Waals surface area contributed by atoms with Crippen molar-refractivity contribution in [2.45, 2.75) is 25.0 Å². The number of pyridine rings is 1. The van der Waals surface area contributed by atoms with Crippen molar-refractivity contribution in [1.29, 1.82) is 0 Å². The third kappa shape index (κ3) is 4.51. The van der Waals surface area contributed by atoms with Crippen molar-refractivity contribution in [3.63, 3.8) is 0 Å². The Morgan fingerprint density at radius 2 is 1.84 bits per heavy atom. The number of rotatable bonds is 5. The van der Waals surface area contributed by atoms with E-state index in [0.717, 1.165) is 32.8 Å². The molecule has 0 radical (unpaired) electrons. The highest BCUT2D eigenvalue weighted by Crippen LogP contribution is 2.39. The van der Waals surface area contributed by atoms with Crippen LogP contribution in [0.4, 0.5) is 13.2 Å². The van der Waals surface area contributed by atoms with Gasteiger partial charge in [0.1, 0.15) is 0 Å². The molecule has 0 aliphatic heterocycles. The molecule has 0 saturated carbocycles. The van der Waals surface area contributed by atoms with Crippen LogP contribution in [0.25, 0.3) is 26.7 Å². The van der Waals surface area contributed by atoms with Gasteiger partial charge in [-0.1, -0.05) is 30.7 Å². The minimum atomic E-state index is -4.56. The van der Waals surface area contributed by atoms with Crippen molar-refractivity contribution in [2.75, 3.05) is 5.75 Å². The first-order valence-electron chi connectivity index (χ1n) is 9.40. The van der Waals surface area contributed by atoms with E-state index in [0.29, 0.717) is 21.3 Å². The first kappa shape index (κ1) is 21.9. The van der Waals surface area contributed by atoms with Gasteiger partial charge in [-0.25, -0.2) is 9.67 Å². The fourth-order valence-electron chi connectivity index (χ4n) is 3.12. The Bertz CT molecular complexity index is 1230. The molecule has 0 bridgehead atoms. The highest BCUT2D eigenvalue weighted by atomic mass is 35.5. The first-order chi connectivity index (χ1) is 14.8. The van der Waals surface area contributed by atoms with Crippen molar-refractivity contribution < 1.29 is 13.2 Å². The van der Waals surface area contributed by atoms with Crippen molar-refractivity contribution in [3.8, 4) is 26.7 Å². The maximum absolute atomic E-state index is 13.4. The molecule has 0 fully saturated rings. The quantitative estimate of drug-likeness (QED) is 0.274. The lowest BCUT2D eigenvalue weighted by atomic mass is 10.2. The molecule has 0 saturated heterocycles. The van der Waals surface area contributed by atoms with Crippen LogP contribution in [0.15, 0.2) is 59.8 Å². The molecule has 1 aromatic carbocycles. The van der Waals surface area contributed by atoms with Gasteiger partial charge < -0.3 is 0 Å². The van der Waals surface area contributed by atoms with E-state index in [1.807, 2.05) is 19.1 Å². The van der Waals surface area contributed by atoms with Gasteiger partial charge in [0.2, 0.25) is 0 Å². The maximum atomic E-state index is 13.4. The van der Waals surface area contributed by atoms with Crippen LogP contribution in [0.1, 0.15) is 18.2 Å². The lowest BCUT2D eigenvalue weighted by Gasteiger charge is -2.08. The number of alkyl halides is 3. The summed E-state index contributed by atoms with van der Waals surface area (Å²) < 4.78 is 41.5. The Morgan fingerprint density at radius 1 is 1.10 bits per heavy atom. The average Bonchev–Trinajstić information content (AvgIpc) is 3.37. The van der Waals surface area contributed by atoms with Gasteiger partial charge >= 0.3 is 6.18 Å². The molecule has 3 nitrogen and oxygen atoms in total. The van der Waals surface area contributed by atoms with Crippen LogP contribution in [0.3, 0.4) is 0 Å². The molecule has 0 aliphatic carbocycles. The fraction of sp³-hybridized carbons (Fsp3) is 0.182. The van der Waals surface area contributed by atoms with Gasteiger partial charge in [-0.3, -0.25) is 0 Å². The zero-order valence-corrected chi connectivity index (χ0v) is 19.0. The predicted octanol–water partition coefficient (Wildman–Crippen LogP) is 7.76. The average molecular weight is 480 g/mol. The minimum Gasteiger partial charge on any atom is -0.249 e. The molecule has 160 valence electrons. The number of benzene rings is 1. The number of hydrogen-bond donors (Lipinski definition) is 0. The summed E-state index contributed by atoms with van der Waals surface area (Å²) in [4.78, 5) is 6.10. The molecule has 31 heavy (non-hydrogen) atoms. The van der Waals surface area contributed by atoms with Crippen molar-refractivity contribution >= 4 is 34.7 Å². The third-order valence-electron chi connectivity index (χ3n) is 4.53. The van der Waals surface area contributed by atoms with E-state index in [9.17, 15) is 13.2 Å². The number of para-hydroxylation sites is 1. The molecule has 0 unspecified atom stereocenters. The van der Waals surface area contributed by atoms with Crippen LogP contribution >= 0.6 is 34.7 Å². The summed E-state index contributed by atoms with van der Waals surface area (Å²) in [5, 5.41) is 5.12. The van der Waals surface area contributed by atoms with Gasteiger partial charge in [-0.05, 0) is 54.6 Å². The summed E-state index contributed by atoms with van der Waals surface area (Å²) >= 11 is 9.31. The lowest BCUT2D eigenvalue weighted by molar-refractivity contribution is -0.141. The Balaban J connectivity index is 1.79. The van der Waals surface area contributed by atoms with Crippen LogP contribution in [0.2, 0.25) is 5.02 Å². The first-order valence-corrected chi connectivity index (χ1v) is 11.6. The molecular weight excluding hydrogens is 463 g/mol. The fourth-order valence-corrected chi connectivity index (χ4v) is 5.01. The molecule has 0 spiro atoms. The van der Waals surface area contributed by atoms with Gasteiger partial charge in [0, 0.05) is 16.6 Å². The molecule has 4 aromatic rings. The van der Waals surface area contributed by atoms with Crippen molar-refractivity contribution in [2.24, 2.45) is 0 Å². The summed E-state index contributed by atoms with van der Waals surface area (Å²) in [6.07, 6.45) is -2.76. The molecule has 0 amide bonds. The van der Waals surface area contributed by atoms with E-state index in [2.05, 4.69) is 17.0 Å². The minimum absolute atomic E-state index is 0.321. The zero-order valence-electron chi connectivity index (χ0n) is 16.6. The van der Waals surface area contributed by atoms with Gasteiger partial charge in [-0.2, -0.15) is 18.3 Å². The van der Waals surface area contributed by atoms with Crippen LogP contribution in [0.5, 0.6) is 0 Å². The second-order valence-corrected chi connectivity index (χ2v) is 9.46. The summed E-state index contributed by atoms with van der Waals surface area (Å²) in [5.74, 6) is 0.934. The normalized spacial score (nSPS) is 11.8. The smallest absolute Gasteiger partial charge is 0.249 e. The standard InChI is InChI=1S/C22H17ClF3N3S2/c1-3-30-21-13(2)10-14(12-27-21)18-8-9-19(31-18)17-11-20(22(24,25)26)28-29(17)16-7-5-4-6-15(16)23/h4-12H,3H2,1-2H3. The topological polar surface area (TPSA) is 30.7 Å². The maximum Gasteiger partial charge on any atom is 0.435 e. The van der Waals surface area contributed by atoms with E-state index in [-0.39, 0.29) is 0 Å². The Hall–Kier alpha value is -2.29. The zero-order chi connectivity index (χ0) is 22.2. The highest BCUT2D eigenvalue weighted by molar-refractivity contribution is 7.99. The highest BCUT2D eigenvalue weighted by Gasteiger charge is 2.35. The van der Waals surface area contributed by atoms with Crippen LogP contribution in [0, 0.1) is 6.92 Å². The van der Waals surface area contributed by atoms with E-state index in [1.165, 1.54) is 16.0 Å². The number of aryl methyl sites for hydroxylation is 1. The van der Waals surface area contributed by atoms with Crippen molar-refractivity contribution in [1.82, 2.24) is 14.8 Å². The third-order valence-corrected chi connectivity index (χ3v) is 7.00. The predicted molar refractivity (Wildman–Crippen MR) is 121 cm³/mol. The lowest BCUT2D eigenvalue weighted by Crippen LogP contribution is -2.07. The van der Waals surface area contributed by atoms with E-state index in [1.54, 1.807) is 48.3 Å². The SMILES string of the molecule is CCSc1ncc(-c2ccc(-c3cc(C(F)(F)F)nn3-c3ccccc3Cl)s2)cc1C. The number of hydrogen-bond acceptors (Lipinski definition) is 4. The monoisotopic (exact) mass is 479 g/mol. The molecule has 3 heterocycles. The van der Waals surface area contributed by atoms with Gasteiger partial charge in [-0.15, -0.1) is 23.1 Å². The summed E-state index contributed by atoms with van der Waals surface area (Å²) in [7, 11) is 0. The molecule has 9 heteroatoms. The summed E-state index contributed by atoms with van der Waals surface area (Å²) in [5.41, 5.74) is 1.76. The van der Waals surface area contributed by atoms with Gasteiger partial charge in [0.05, 0.1) is 26.3 Å². The molecule has 4 rings (SSSR count). The second-order valence-electron chi connectivity index (χ2n) is 6.72. The van der Waals surface area contributed by atoms with Gasteiger partial charge in [0.15, 0.2) is 5.69 Å². The van der Waals surface area contributed by atoms with Crippen LogP contribution in [-0.4, -0.2) is 20.5 Å². The largest absolute Gasteiger partial charge is 0.435 e. The molecule has 3 aromatic heterocycles. The van der Waals surface area contributed by atoms with E-state index < -0.39 is 11.9 Å². The number of thioether (sulfide) groups is 1. The Morgan fingerprint density at radius 3 is 2.52 bits per heavy atom. The van der Waals surface area contributed by atoms with E-state index >= 15 is 0 Å². The Labute approximate surface area is 190 Å². The van der Waals surface area contributed by atoms with Crippen LogP contribution < -0.4 is 0 Å². The molecule has 0 atom stereocenters. The van der Waals surface area contributed by atoms with Crippen LogP contribution in [-0.2, 0) is 6.18 Å². The number of halogens is 4. The molecule has 0 N–H and O–H groups in total.